The van der Waals surface area contributed by atoms with Gasteiger partial charge in [-0.05, 0) is 48.5 Å². The maximum atomic E-state index is 12.3. The molecule has 0 heterocycles. The molecule has 1 N–H and O–H groups in total. The summed E-state index contributed by atoms with van der Waals surface area (Å²) in [6.45, 7) is 0.163. The summed E-state index contributed by atoms with van der Waals surface area (Å²) in [5.41, 5.74) is 0.469. The molecule has 0 saturated heterocycles. The standard InChI is InChI=1S/C16H16BrNO5S/c1-22-16(19)10-11-23-14-6-8-15(9-7-14)24(20,21)18-13-4-2-12(17)3-5-13/h2-9,18H,10-11H2,1H3. The van der Waals surface area contributed by atoms with Crippen LogP contribution in [0.5, 0.6) is 5.75 Å². The van der Waals surface area contributed by atoms with E-state index in [1.54, 1.807) is 24.3 Å². The molecule has 0 unspecified atom stereocenters. The summed E-state index contributed by atoms with van der Waals surface area (Å²) < 4.78 is 37.8. The number of benzene rings is 2. The molecule has 0 aliphatic carbocycles. The van der Waals surface area contributed by atoms with Crippen molar-refractivity contribution in [2.75, 3.05) is 18.4 Å². The highest BCUT2D eigenvalue weighted by Crippen LogP contribution is 2.20. The Hall–Kier alpha value is -2.06. The summed E-state index contributed by atoms with van der Waals surface area (Å²) in [5, 5.41) is 0. The summed E-state index contributed by atoms with van der Waals surface area (Å²) in [7, 11) is -2.37. The van der Waals surface area contributed by atoms with Gasteiger partial charge in [0.15, 0.2) is 0 Å². The number of hydrogen-bond donors (Lipinski definition) is 1. The van der Waals surface area contributed by atoms with Crippen molar-refractivity contribution in [3.63, 3.8) is 0 Å². The summed E-state index contributed by atoms with van der Waals surface area (Å²) in [4.78, 5) is 11.1. The minimum atomic E-state index is -3.68. The van der Waals surface area contributed by atoms with Crippen LogP contribution in [-0.2, 0) is 19.6 Å². The van der Waals surface area contributed by atoms with Crippen LogP contribution in [0.25, 0.3) is 0 Å². The fourth-order valence-corrected chi connectivity index (χ4v) is 3.12. The minimum Gasteiger partial charge on any atom is -0.493 e. The molecular formula is C16H16BrNO5S. The van der Waals surface area contributed by atoms with E-state index in [1.807, 2.05) is 0 Å². The van der Waals surface area contributed by atoms with Gasteiger partial charge in [-0.25, -0.2) is 8.42 Å². The second-order valence-electron chi connectivity index (χ2n) is 4.76. The number of rotatable bonds is 7. The number of sulfonamides is 1. The summed E-state index contributed by atoms with van der Waals surface area (Å²) >= 11 is 3.29. The van der Waals surface area contributed by atoms with Crippen molar-refractivity contribution in [2.24, 2.45) is 0 Å². The summed E-state index contributed by atoms with van der Waals surface area (Å²) in [5.74, 6) is 0.106. The van der Waals surface area contributed by atoms with Crippen LogP contribution in [0.3, 0.4) is 0 Å². The zero-order valence-corrected chi connectivity index (χ0v) is 15.3. The first-order valence-electron chi connectivity index (χ1n) is 6.99. The van der Waals surface area contributed by atoms with E-state index in [4.69, 9.17) is 4.74 Å². The Bertz CT molecular complexity index is 788. The average molecular weight is 414 g/mol. The molecular weight excluding hydrogens is 398 g/mol. The van der Waals surface area contributed by atoms with Gasteiger partial charge in [0, 0.05) is 10.2 Å². The smallest absolute Gasteiger partial charge is 0.308 e. The summed E-state index contributed by atoms with van der Waals surface area (Å²) in [6, 6.07) is 12.8. The number of anilines is 1. The molecule has 0 saturated carbocycles. The van der Waals surface area contributed by atoms with E-state index in [0.29, 0.717) is 11.4 Å². The molecule has 0 aliphatic heterocycles. The van der Waals surface area contributed by atoms with E-state index in [9.17, 15) is 13.2 Å². The normalized spacial score (nSPS) is 10.9. The number of hydrogen-bond acceptors (Lipinski definition) is 5. The number of methoxy groups -OCH3 is 1. The quantitative estimate of drug-likeness (QED) is 0.704. The minimum absolute atomic E-state index is 0.116. The van der Waals surface area contributed by atoms with Gasteiger partial charge in [-0.1, -0.05) is 15.9 Å². The van der Waals surface area contributed by atoms with E-state index < -0.39 is 10.0 Å². The van der Waals surface area contributed by atoms with Gasteiger partial charge in [-0.2, -0.15) is 0 Å². The maximum Gasteiger partial charge on any atom is 0.308 e. The van der Waals surface area contributed by atoms with Crippen molar-refractivity contribution in [1.82, 2.24) is 0 Å². The molecule has 0 aliphatic rings. The first-order chi connectivity index (χ1) is 11.4. The van der Waals surface area contributed by atoms with Crippen molar-refractivity contribution in [2.45, 2.75) is 11.3 Å². The molecule has 0 atom stereocenters. The summed E-state index contributed by atoms with van der Waals surface area (Å²) in [6.07, 6.45) is 0.127. The van der Waals surface area contributed by atoms with Crippen LogP contribution in [-0.4, -0.2) is 28.1 Å². The SMILES string of the molecule is COC(=O)CCOc1ccc(S(=O)(=O)Nc2ccc(Br)cc2)cc1. The largest absolute Gasteiger partial charge is 0.493 e. The molecule has 0 amide bonds. The van der Waals surface area contributed by atoms with Crippen molar-refractivity contribution in [1.29, 1.82) is 0 Å². The Balaban J connectivity index is 2.00. The van der Waals surface area contributed by atoms with Crippen LogP contribution in [0.2, 0.25) is 0 Å². The van der Waals surface area contributed by atoms with E-state index >= 15 is 0 Å². The highest BCUT2D eigenvalue weighted by Gasteiger charge is 2.14. The van der Waals surface area contributed by atoms with Crippen LogP contribution in [0.1, 0.15) is 6.42 Å². The van der Waals surface area contributed by atoms with Gasteiger partial charge in [0.1, 0.15) is 5.75 Å². The zero-order valence-electron chi connectivity index (χ0n) is 12.9. The first-order valence-corrected chi connectivity index (χ1v) is 9.26. The molecule has 0 radical (unpaired) electrons. The predicted octanol–water partition coefficient (Wildman–Crippen LogP) is 3.19. The first kappa shape index (κ1) is 18.3. The Kier molecular flexibility index (Phi) is 6.22. The van der Waals surface area contributed by atoms with Gasteiger partial charge in [-0.3, -0.25) is 9.52 Å². The molecule has 0 fully saturated rings. The molecule has 0 aromatic heterocycles. The van der Waals surface area contributed by atoms with Crippen molar-refractivity contribution in [3.05, 3.63) is 53.0 Å². The molecule has 0 spiro atoms. The van der Waals surface area contributed by atoms with Crippen molar-refractivity contribution >= 4 is 37.6 Å². The van der Waals surface area contributed by atoms with Gasteiger partial charge in [-0.15, -0.1) is 0 Å². The van der Waals surface area contributed by atoms with Crippen LogP contribution in [0, 0.1) is 0 Å². The monoisotopic (exact) mass is 413 g/mol. The molecule has 0 bridgehead atoms. The van der Waals surface area contributed by atoms with Crippen molar-refractivity contribution in [3.8, 4) is 5.75 Å². The third kappa shape index (κ3) is 5.24. The molecule has 2 rings (SSSR count). The molecule has 6 nitrogen and oxygen atoms in total. The zero-order chi connectivity index (χ0) is 17.6. The fraction of sp³-hybridized carbons (Fsp3) is 0.188. The van der Waals surface area contributed by atoms with E-state index in [-0.39, 0.29) is 23.9 Å². The van der Waals surface area contributed by atoms with Crippen LogP contribution in [0.4, 0.5) is 5.69 Å². The lowest BCUT2D eigenvalue weighted by atomic mass is 10.3. The van der Waals surface area contributed by atoms with Gasteiger partial charge in [0.2, 0.25) is 0 Å². The van der Waals surface area contributed by atoms with Gasteiger partial charge >= 0.3 is 5.97 Å². The molecule has 24 heavy (non-hydrogen) atoms. The maximum absolute atomic E-state index is 12.3. The molecule has 128 valence electrons. The molecule has 2 aromatic rings. The van der Waals surface area contributed by atoms with E-state index in [2.05, 4.69) is 25.4 Å². The lowest BCUT2D eigenvalue weighted by molar-refractivity contribution is -0.141. The Morgan fingerprint density at radius 3 is 2.29 bits per heavy atom. The Morgan fingerprint density at radius 2 is 1.71 bits per heavy atom. The number of halogens is 1. The van der Waals surface area contributed by atoms with Crippen molar-refractivity contribution < 1.29 is 22.7 Å². The average Bonchev–Trinajstić information content (AvgIpc) is 2.57. The van der Waals surface area contributed by atoms with E-state index in [1.165, 1.54) is 31.4 Å². The lowest BCUT2D eigenvalue weighted by Crippen LogP contribution is -2.13. The Morgan fingerprint density at radius 1 is 1.08 bits per heavy atom. The highest BCUT2D eigenvalue weighted by atomic mass is 79.9. The van der Waals surface area contributed by atoms with Gasteiger partial charge < -0.3 is 9.47 Å². The fourth-order valence-electron chi connectivity index (χ4n) is 1.80. The second-order valence-corrected chi connectivity index (χ2v) is 7.36. The lowest BCUT2D eigenvalue weighted by Gasteiger charge is -2.09. The number of carbonyl (C=O) groups is 1. The molecule has 8 heteroatoms. The Labute approximate surface area is 149 Å². The number of esters is 1. The van der Waals surface area contributed by atoms with E-state index in [0.717, 1.165) is 4.47 Å². The topological polar surface area (TPSA) is 81.7 Å². The number of nitrogens with one attached hydrogen (secondary N) is 1. The van der Waals surface area contributed by atoms with Gasteiger partial charge in [0.05, 0.1) is 25.0 Å². The highest BCUT2D eigenvalue weighted by molar-refractivity contribution is 9.10. The number of carbonyl (C=O) groups excluding carboxylic acids is 1. The third-order valence-corrected chi connectivity index (χ3v) is 4.96. The molecule has 2 aromatic carbocycles. The predicted molar refractivity (Wildman–Crippen MR) is 93.5 cm³/mol. The second kappa shape index (κ2) is 8.16. The van der Waals surface area contributed by atoms with Crippen LogP contribution in [0.15, 0.2) is 57.9 Å². The van der Waals surface area contributed by atoms with Crippen LogP contribution < -0.4 is 9.46 Å². The number of ether oxygens (including phenoxy) is 2. The van der Waals surface area contributed by atoms with Crippen LogP contribution >= 0.6 is 15.9 Å². The van der Waals surface area contributed by atoms with Gasteiger partial charge in [0.25, 0.3) is 10.0 Å². The third-order valence-electron chi connectivity index (χ3n) is 3.03.